The number of fused-ring (bicyclic) bond motifs is 5. The maximum Gasteiger partial charge on any atom is 0.133 e. The van der Waals surface area contributed by atoms with Gasteiger partial charge in [0.1, 0.15) is 11.8 Å². The quantitative estimate of drug-likeness (QED) is 0.531. The highest BCUT2D eigenvalue weighted by atomic mass is 16.3. The van der Waals surface area contributed by atoms with Crippen LogP contribution < -0.4 is 0 Å². The number of aliphatic hydroxyl groups is 1. The van der Waals surface area contributed by atoms with Gasteiger partial charge >= 0.3 is 0 Å². The van der Waals surface area contributed by atoms with Crippen molar-refractivity contribution in [1.29, 1.82) is 5.26 Å². The highest BCUT2D eigenvalue weighted by Gasteiger charge is 2.55. The van der Waals surface area contributed by atoms with Gasteiger partial charge in [-0.3, -0.25) is 0 Å². The fourth-order valence-corrected chi connectivity index (χ4v) is 7.70. The molecule has 2 saturated carbocycles. The molecule has 0 spiro atoms. The summed E-state index contributed by atoms with van der Waals surface area (Å²) in [6, 6.07) is 15.0. The molecule has 0 saturated heterocycles. The largest absolute Gasteiger partial charge is 0.507 e. The second-order valence-corrected chi connectivity index (χ2v) is 12.6. The standard InChI is InChI=1S/C31H39NO2/c1-30(2,3)23-9-5-19(6-10-23)15-21-8-12-27-25-11-7-20-17-28(33)22(18-32)16-26(20)24(25)13-14-31(27,4)29(21)34/h5-6,9-10,16-17,21,24-25,27,29,33-34H,7-8,11-15H2,1-4H3/t21-,24?,25?,27?,29-,31-/m0/s1. The first-order chi connectivity index (χ1) is 16.1. The molecule has 2 fully saturated rings. The van der Waals surface area contributed by atoms with Crippen molar-refractivity contribution < 1.29 is 10.2 Å². The number of benzene rings is 2. The predicted octanol–water partition coefficient (Wildman–Crippen LogP) is 6.64. The Bertz CT molecular complexity index is 1110. The summed E-state index contributed by atoms with van der Waals surface area (Å²) in [5.74, 6) is 1.96. The minimum Gasteiger partial charge on any atom is -0.507 e. The third-order valence-electron chi connectivity index (χ3n) is 9.69. The second-order valence-electron chi connectivity index (χ2n) is 12.6. The van der Waals surface area contributed by atoms with Crippen LogP contribution in [0.2, 0.25) is 0 Å². The molecule has 0 heterocycles. The molecule has 2 N–H and O–H groups in total. The van der Waals surface area contributed by atoms with E-state index >= 15 is 0 Å². The lowest BCUT2D eigenvalue weighted by atomic mass is 9.48. The molecule has 2 aromatic carbocycles. The van der Waals surface area contributed by atoms with E-state index in [0.717, 1.165) is 38.5 Å². The Morgan fingerprint density at radius 1 is 1.06 bits per heavy atom. The zero-order valence-corrected chi connectivity index (χ0v) is 21.1. The van der Waals surface area contributed by atoms with E-state index in [2.05, 4.69) is 58.0 Å². The Labute approximate surface area is 204 Å². The number of nitriles is 1. The molecular weight excluding hydrogens is 418 g/mol. The van der Waals surface area contributed by atoms with Crippen molar-refractivity contribution >= 4 is 0 Å². The van der Waals surface area contributed by atoms with Gasteiger partial charge in [0.15, 0.2) is 0 Å². The number of aliphatic hydroxyl groups excluding tert-OH is 1. The minimum absolute atomic E-state index is 0.0398. The van der Waals surface area contributed by atoms with Gasteiger partial charge in [0.05, 0.1) is 11.7 Å². The average molecular weight is 458 g/mol. The van der Waals surface area contributed by atoms with Crippen LogP contribution in [0.5, 0.6) is 5.75 Å². The first kappa shape index (κ1) is 23.4. The van der Waals surface area contributed by atoms with E-state index in [1.165, 1.54) is 28.7 Å². The number of phenolic OH excluding ortho intramolecular Hbond substituents is 1. The summed E-state index contributed by atoms with van der Waals surface area (Å²) < 4.78 is 0. The Hall–Kier alpha value is -2.31. The monoisotopic (exact) mass is 457 g/mol. The summed E-state index contributed by atoms with van der Waals surface area (Å²) in [4.78, 5) is 0. The van der Waals surface area contributed by atoms with E-state index in [9.17, 15) is 15.5 Å². The van der Waals surface area contributed by atoms with Crippen molar-refractivity contribution in [1.82, 2.24) is 0 Å². The van der Waals surface area contributed by atoms with Gasteiger partial charge in [-0.2, -0.15) is 5.26 Å². The maximum atomic E-state index is 11.7. The molecule has 180 valence electrons. The number of phenols is 1. The molecule has 6 atom stereocenters. The Balaban J connectivity index is 1.35. The van der Waals surface area contributed by atoms with E-state index in [0.29, 0.717) is 29.2 Å². The fraction of sp³-hybridized carbons (Fsp3) is 0.581. The summed E-state index contributed by atoms with van der Waals surface area (Å²) in [5.41, 5.74) is 5.71. The van der Waals surface area contributed by atoms with Crippen LogP contribution in [-0.4, -0.2) is 16.3 Å². The Kier molecular flexibility index (Phi) is 5.80. The maximum absolute atomic E-state index is 11.7. The van der Waals surface area contributed by atoms with E-state index in [4.69, 9.17) is 0 Å². The average Bonchev–Trinajstić information content (AvgIpc) is 2.80. The van der Waals surface area contributed by atoms with E-state index in [1.807, 2.05) is 12.1 Å². The molecule has 0 aliphatic heterocycles. The molecule has 3 nitrogen and oxygen atoms in total. The van der Waals surface area contributed by atoms with Gasteiger partial charge in [-0.15, -0.1) is 0 Å². The first-order valence-electron chi connectivity index (χ1n) is 13.1. The van der Waals surface area contributed by atoms with Crippen LogP contribution in [-0.2, 0) is 18.3 Å². The highest BCUT2D eigenvalue weighted by Crippen LogP contribution is 2.61. The van der Waals surface area contributed by atoms with E-state index < -0.39 is 0 Å². The molecule has 3 aliphatic carbocycles. The number of hydrogen-bond acceptors (Lipinski definition) is 3. The van der Waals surface area contributed by atoms with Crippen LogP contribution in [0.3, 0.4) is 0 Å². The van der Waals surface area contributed by atoms with Crippen molar-refractivity contribution in [2.45, 2.75) is 90.1 Å². The molecule has 3 aliphatic rings. The lowest BCUT2D eigenvalue weighted by molar-refractivity contribution is -0.126. The zero-order chi connectivity index (χ0) is 24.3. The molecule has 0 radical (unpaired) electrons. The highest BCUT2D eigenvalue weighted by molar-refractivity contribution is 5.50. The molecule has 2 aromatic rings. The smallest absolute Gasteiger partial charge is 0.133 e. The second kappa shape index (κ2) is 8.42. The summed E-state index contributed by atoms with van der Waals surface area (Å²) in [6.07, 6.45) is 7.11. The Morgan fingerprint density at radius 2 is 1.79 bits per heavy atom. The van der Waals surface area contributed by atoms with Gasteiger partial charge in [-0.25, -0.2) is 0 Å². The van der Waals surface area contributed by atoms with Crippen molar-refractivity contribution in [2.75, 3.05) is 0 Å². The lowest BCUT2D eigenvalue weighted by Crippen LogP contribution is -2.54. The zero-order valence-electron chi connectivity index (χ0n) is 21.1. The van der Waals surface area contributed by atoms with Gasteiger partial charge in [0, 0.05) is 0 Å². The van der Waals surface area contributed by atoms with E-state index in [1.54, 1.807) is 0 Å². The van der Waals surface area contributed by atoms with E-state index in [-0.39, 0.29) is 22.7 Å². The molecule has 0 aromatic heterocycles. The van der Waals surface area contributed by atoms with Crippen LogP contribution >= 0.6 is 0 Å². The van der Waals surface area contributed by atoms with Crippen LogP contribution in [0, 0.1) is 34.5 Å². The van der Waals surface area contributed by atoms with Crippen LogP contribution in [0.1, 0.15) is 93.5 Å². The molecule has 3 heteroatoms. The minimum atomic E-state index is -0.273. The van der Waals surface area contributed by atoms with Crippen LogP contribution in [0.4, 0.5) is 0 Å². The van der Waals surface area contributed by atoms with Crippen molar-refractivity contribution in [3.63, 3.8) is 0 Å². The molecule has 34 heavy (non-hydrogen) atoms. The van der Waals surface area contributed by atoms with Gasteiger partial charge < -0.3 is 10.2 Å². The topological polar surface area (TPSA) is 64.2 Å². The van der Waals surface area contributed by atoms with Crippen LogP contribution in [0.25, 0.3) is 0 Å². The fourth-order valence-electron chi connectivity index (χ4n) is 7.70. The third kappa shape index (κ3) is 3.85. The number of aryl methyl sites for hydroxylation is 1. The lowest BCUT2D eigenvalue weighted by Gasteiger charge is -2.58. The Morgan fingerprint density at radius 3 is 2.47 bits per heavy atom. The molecule has 5 rings (SSSR count). The van der Waals surface area contributed by atoms with Crippen molar-refractivity contribution in [3.8, 4) is 11.8 Å². The number of nitrogens with zero attached hydrogens (tertiary/aromatic N) is 1. The molecule has 0 amide bonds. The molecule has 0 bridgehead atoms. The number of rotatable bonds is 2. The normalized spacial score (nSPS) is 32.8. The van der Waals surface area contributed by atoms with Crippen molar-refractivity contribution in [3.05, 3.63) is 64.2 Å². The van der Waals surface area contributed by atoms with Gasteiger partial charge in [-0.05, 0) is 114 Å². The number of aromatic hydroxyl groups is 1. The van der Waals surface area contributed by atoms with Gasteiger partial charge in [0.25, 0.3) is 0 Å². The van der Waals surface area contributed by atoms with Crippen LogP contribution in [0.15, 0.2) is 36.4 Å². The summed E-state index contributed by atoms with van der Waals surface area (Å²) in [5, 5.41) is 31.3. The summed E-state index contributed by atoms with van der Waals surface area (Å²) in [7, 11) is 0. The molecular formula is C31H39NO2. The van der Waals surface area contributed by atoms with Crippen molar-refractivity contribution in [2.24, 2.45) is 23.2 Å². The molecule has 3 unspecified atom stereocenters. The number of hydrogen-bond donors (Lipinski definition) is 2. The summed E-state index contributed by atoms with van der Waals surface area (Å²) in [6.45, 7) is 9.09. The first-order valence-corrected chi connectivity index (χ1v) is 13.1. The van der Waals surface area contributed by atoms with Gasteiger partial charge in [0.2, 0.25) is 0 Å². The summed E-state index contributed by atoms with van der Waals surface area (Å²) >= 11 is 0. The SMILES string of the molecule is CC(C)(C)c1ccc(C[C@@H]2CCC3C4CCc5cc(O)c(C#N)cc5C4CC[C@]3(C)[C@H]2O)cc1. The van der Waals surface area contributed by atoms with Gasteiger partial charge in [-0.1, -0.05) is 52.0 Å². The third-order valence-corrected chi connectivity index (χ3v) is 9.69. The predicted molar refractivity (Wildman–Crippen MR) is 136 cm³/mol.